The molecule has 0 fully saturated rings. The number of amidine groups is 2. The summed E-state index contributed by atoms with van der Waals surface area (Å²) in [7, 11) is 1.56. The molecule has 2 aliphatic rings. The van der Waals surface area contributed by atoms with Crippen LogP contribution in [0.25, 0.3) is 6.08 Å². The molecule has 0 bridgehead atoms. The van der Waals surface area contributed by atoms with Gasteiger partial charge in [0, 0.05) is 0 Å². The van der Waals surface area contributed by atoms with Gasteiger partial charge in [-0.1, -0.05) is 37.1 Å². The second-order valence-corrected chi connectivity index (χ2v) is 9.53. The highest BCUT2D eigenvalue weighted by molar-refractivity contribution is 8.26. The van der Waals surface area contributed by atoms with Crippen molar-refractivity contribution < 1.29 is 19.0 Å². The number of unbranched alkanes of at least 4 members (excludes halogenated alkanes) is 1. The Kier molecular flexibility index (Phi) is 8.10. The molecule has 2 heterocycles. The van der Waals surface area contributed by atoms with Crippen molar-refractivity contribution in [1.82, 2.24) is 5.01 Å². The number of hydrogen-bond donors (Lipinski definition) is 1. The number of thioether (sulfide) groups is 1. The van der Waals surface area contributed by atoms with E-state index in [0.29, 0.717) is 35.4 Å². The zero-order valence-corrected chi connectivity index (χ0v) is 21.8. The number of fused-ring (bicyclic) bond motifs is 1. The highest BCUT2D eigenvalue weighted by atomic mass is 32.2. The van der Waals surface area contributed by atoms with Crippen LogP contribution in [0.3, 0.4) is 0 Å². The predicted octanol–water partition coefficient (Wildman–Crippen LogP) is 5.58. The first kappa shape index (κ1) is 25.5. The number of nitrogens with one attached hydrogen (secondary N) is 1. The number of nitrogens with zero attached hydrogens (tertiary/aromatic N) is 3. The van der Waals surface area contributed by atoms with Crippen molar-refractivity contribution in [2.75, 3.05) is 20.3 Å². The summed E-state index contributed by atoms with van der Waals surface area (Å²) in [5.41, 5.74) is 3.15. The predicted molar refractivity (Wildman–Crippen MR) is 144 cm³/mol. The van der Waals surface area contributed by atoms with Gasteiger partial charge in [0.15, 0.2) is 17.3 Å². The summed E-state index contributed by atoms with van der Waals surface area (Å²) < 4.78 is 17.2. The number of amides is 1. The van der Waals surface area contributed by atoms with Crippen molar-refractivity contribution in [1.29, 1.82) is 5.41 Å². The van der Waals surface area contributed by atoms with Gasteiger partial charge in [-0.3, -0.25) is 10.2 Å². The van der Waals surface area contributed by atoms with Crippen molar-refractivity contribution in [2.24, 2.45) is 10.1 Å². The molecule has 0 spiro atoms. The minimum atomic E-state index is -0.450. The number of hydrazone groups is 1. The number of carbonyl (C=O) groups is 1. The van der Waals surface area contributed by atoms with E-state index < -0.39 is 5.91 Å². The third-order valence-corrected chi connectivity index (χ3v) is 6.64. The highest BCUT2D eigenvalue weighted by Crippen LogP contribution is 2.32. The third kappa shape index (κ3) is 5.79. The van der Waals surface area contributed by atoms with Gasteiger partial charge in [0.05, 0.1) is 12.7 Å². The largest absolute Gasteiger partial charge is 0.493 e. The number of ether oxygens (including phenoxy) is 3. The Bertz CT molecular complexity index is 1270. The summed E-state index contributed by atoms with van der Waals surface area (Å²) in [5.74, 6) is 1.49. The zero-order valence-electron chi connectivity index (χ0n) is 21.0. The SMILES string of the molecule is CCCCC1=NN2C(=N)/C(=C\c3ccc(OCCOc4ccc(C)cc4C)c(OC)c3)C(=O)N=C2S1. The van der Waals surface area contributed by atoms with Gasteiger partial charge < -0.3 is 14.2 Å². The van der Waals surface area contributed by atoms with Crippen LogP contribution in [-0.2, 0) is 4.79 Å². The quantitative estimate of drug-likeness (QED) is 0.334. The molecule has 1 amide bonds. The molecular weight excluding hydrogens is 476 g/mol. The lowest BCUT2D eigenvalue weighted by atomic mass is 10.1. The van der Waals surface area contributed by atoms with Gasteiger partial charge in [0.1, 0.15) is 24.0 Å². The average molecular weight is 507 g/mol. The number of benzene rings is 2. The molecule has 36 heavy (non-hydrogen) atoms. The third-order valence-electron chi connectivity index (χ3n) is 5.67. The molecule has 0 atom stereocenters. The van der Waals surface area contributed by atoms with E-state index in [1.54, 1.807) is 25.3 Å². The molecule has 0 radical (unpaired) electrons. The Hall–Kier alpha value is -3.59. The summed E-state index contributed by atoms with van der Waals surface area (Å²) in [5, 5.41) is 15.8. The molecule has 0 aliphatic carbocycles. The van der Waals surface area contributed by atoms with Crippen LogP contribution in [0.15, 0.2) is 52.1 Å². The van der Waals surface area contributed by atoms with Crippen molar-refractivity contribution in [3.63, 3.8) is 0 Å². The van der Waals surface area contributed by atoms with E-state index in [1.807, 2.05) is 32.0 Å². The molecule has 2 aromatic rings. The summed E-state index contributed by atoms with van der Waals surface area (Å²) in [6.07, 6.45) is 4.49. The maximum absolute atomic E-state index is 12.7. The fraction of sp³-hybridized carbons (Fsp3) is 0.333. The van der Waals surface area contributed by atoms with Gasteiger partial charge in [-0.2, -0.15) is 15.1 Å². The number of carbonyl (C=O) groups excluding carboxylic acids is 1. The summed E-state index contributed by atoms with van der Waals surface area (Å²) in [6, 6.07) is 11.4. The highest BCUT2D eigenvalue weighted by Gasteiger charge is 2.35. The minimum absolute atomic E-state index is 0.0202. The molecule has 2 aromatic carbocycles. The van der Waals surface area contributed by atoms with Gasteiger partial charge in [0.25, 0.3) is 5.91 Å². The smallest absolute Gasteiger partial charge is 0.283 e. The molecule has 188 valence electrons. The molecular formula is C27H30N4O4S. The molecule has 0 saturated carbocycles. The molecule has 9 heteroatoms. The Labute approximate surface area is 215 Å². The van der Waals surface area contributed by atoms with Gasteiger partial charge in [-0.15, -0.1) is 0 Å². The molecule has 0 saturated heterocycles. The summed E-state index contributed by atoms with van der Waals surface area (Å²) in [4.78, 5) is 16.8. The first-order valence-corrected chi connectivity index (χ1v) is 12.7. The lowest BCUT2D eigenvalue weighted by Gasteiger charge is -2.20. The number of aryl methyl sites for hydroxylation is 2. The van der Waals surface area contributed by atoms with Crippen molar-refractivity contribution >= 4 is 39.8 Å². The number of aliphatic imine (C=N–C) groups is 1. The second-order valence-electron chi connectivity index (χ2n) is 8.49. The van der Waals surface area contributed by atoms with Crippen LogP contribution in [0.2, 0.25) is 0 Å². The van der Waals surface area contributed by atoms with Gasteiger partial charge >= 0.3 is 0 Å². The second kappa shape index (κ2) is 11.4. The molecule has 0 unspecified atom stereocenters. The first-order valence-electron chi connectivity index (χ1n) is 11.9. The Balaban J connectivity index is 1.42. The number of rotatable bonds is 10. The van der Waals surface area contributed by atoms with Crippen LogP contribution in [0.1, 0.15) is 42.9 Å². The lowest BCUT2D eigenvalue weighted by molar-refractivity contribution is -0.114. The van der Waals surface area contributed by atoms with E-state index in [2.05, 4.69) is 23.1 Å². The Morgan fingerprint density at radius 1 is 1.06 bits per heavy atom. The molecule has 0 aromatic heterocycles. The van der Waals surface area contributed by atoms with E-state index in [9.17, 15) is 4.79 Å². The van der Waals surface area contributed by atoms with Gasteiger partial charge in [0.2, 0.25) is 5.17 Å². The topological polar surface area (TPSA) is 96.6 Å². The van der Waals surface area contributed by atoms with Gasteiger partial charge in [-0.25, -0.2) is 0 Å². The van der Waals surface area contributed by atoms with Crippen LogP contribution in [0.5, 0.6) is 17.2 Å². The summed E-state index contributed by atoms with van der Waals surface area (Å²) in [6.45, 7) is 6.91. The number of methoxy groups -OCH3 is 1. The van der Waals surface area contributed by atoms with Crippen molar-refractivity contribution in [3.8, 4) is 17.2 Å². The van der Waals surface area contributed by atoms with E-state index in [0.717, 1.165) is 35.6 Å². The van der Waals surface area contributed by atoms with E-state index in [1.165, 1.54) is 22.3 Å². The Morgan fingerprint density at radius 3 is 2.53 bits per heavy atom. The monoisotopic (exact) mass is 506 g/mol. The molecule has 1 N–H and O–H groups in total. The van der Waals surface area contributed by atoms with Gasteiger partial charge in [-0.05, 0) is 73.9 Å². The van der Waals surface area contributed by atoms with Crippen LogP contribution in [0.4, 0.5) is 0 Å². The maximum Gasteiger partial charge on any atom is 0.283 e. The molecule has 2 aliphatic heterocycles. The fourth-order valence-electron chi connectivity index (χ4n) is 3.79. The molecule has 8 nitrogen and oxygen atoms in total. The van der Waals surface area contributed by atoms with Crippen LogP contribution < -0.4 is 14.2 Å². The van der Waals surface area contributed by atoms with E-state index >= 15 is 0 Å². The Morgan fingerprint density at radius 2 is 1.81 bits per heavy atom. The van der Waals surface area contributed by atoms with Crippen LogP contribution in [-0.4, -0.2) is 47.3 Å². The van der Waals surface area contributed by atoms with E-state index in [-0.39, 0.29) is 11.4 Å². The average Bonchev–Trinajstić information content (AvgIpc) is 3.27. The molecule has 4 rings (SSSR count). The first-order chi connectivity index (χ1) is 17.4. The summed E-state index contributed by atoms with van der Waals surface area (Å²) >= 11 is 1.36. The lowest BCUT2D eigenvalue weighted by Crippen LogP contribution is -2.35. The maximum atomic E-state index is 12.7. The zero-order chi connectivity index (χ0) is 25.7. The standard InChI is InChI=1S/C27H30N4O4S/c1-5-6-7-24-30-31-25(28)20(26(32)29-27(31)36-24)15-19-9-11-22(23(16-19)33-4)35-13-12-34-21-10-8-17(2)14-18(21)3/h8-11,14-16,28H,5-7,12-13H2,1-4H3/b20-15+,28-25?. The van der Waals surface area contributed by atoms with E-state index in [4.69, 9.17) is 19.6 Å². The normalized spacial score (nSPS) is 16.1. The number of hydrogen-bond acceptors (Lipinski definition) is 7. The van der Waals surface area contributed by atoms with Crippen LogP contribution in [0, 0.1) is 19.3 Å². The van der Waals surface area contributed by atoms with Crippen molar-refractivity contribution in [3.05, 3.63) is 58.7 Å². The minimum Gasteiger partial charge on any atom is -0.493 e. The van der Waals surface area contributed by atoms with Crippen molar-refractivity contribution in [2.45, 2.75) is 40.0 Å². The fourth-order valence-corrected chi connectivity index (χ4v) is 4.71. The van der Waals surface area contributed by atoms with Crippen LogP contribution >= 0.6 is 11.8 Å².